The number of halogens is 4. The smallest absolute Gasteiger partial charge is 0.357 e. The minimum absolute atomic E-state index is 0. The molecule has 1 atom stereocenters. The molecular weight excluding hydrogens is 506 g/mol. The van der Waals surface area contributed by atoms with E-state index < -0.39 is 11.7 Å². The Bertz CT molecular complexity index is 643. The number of alkyl halides is 3. The maximum atomic E-state index is 12.7. The third-order valence-corrected chi connectivity index (χ3v) is 5.12. The second kappa shape index (κ2) is 12.7. The lowest BCUT2D eigenvalue weighted by Gasteiger charge is -2.33. The first-order valence-electron chi connectivity index (χ1n) is 10.3. The van der Waals surface area contributed by atoms with Crippen molar-refractivity contribution in [3.63, 3.8) is 0 Å². The van der Waals surface area contributed by atoms with E-state index in [4.69, 9.17) is 4.99 Å². The largest absolute Gasteiger partial charge is 0.416 e. The van der Waals surface area contributed by atoms with Gasteiger partial charge in [0.25, 0.3) is 0 Å². The van der Waals surface area contributed by atoms with Gasteiger partial charge in [0, 0.05) is 59.4 Å². The first-order chi connectivity index (χ1) is 13.7. The van der Waals surface area contributed by atoms with Crippen molar-refractivity contribution in [2.75, 3.05) is 59.9 Å². The van der Waals surface area contributed by atoms with Crippen LogP contribution in [0.3, 0.4) is 0 Å². The minimum Gasteiger partial charge on any atom is -0.357 e. The van der Waals surface area contributed by atoms with Gasteiger partial charge in [-0.2, -0.15) is 13.2 Å². The molecule has 1 aromatic carbocycles. The van der Waals surface area contributed by atoms with Crippen LogP contribution >= 0.6 is 24.0 Å². The number of benzene rings is 1. The van der Waals surface area contributed by atoms with Gasteiger partial charge < -0.3 is 20.0 Å². The topological polar surface area (TPSA) is 34.1 Å². The van der Waals surface area contributed by atoms with Gasteiger partial charge in [0.1, 0.15) is 0 Å². The average molecular weight is 541 g/mol. The summed E-state index contributed by atoms with van der Waals surface area (Å²) in [6, 6.07) is 5.31. The third-order valence-electron chi connectivity index (χ3n) is 5.12. The Morgan fingerprint density at radius 1 is 1.17 bits per heavy atom. The molecule has 0 spiro atoms. The van der Waals surface area contributed by atoms with Gasteiger partial charge >= 0.3 is 6.18 Å². The van der Waals surface area contributed by atoms with Gasteiger partial charge in [-0.1, -0.05) is 19.1 Å². The van der Waals surface area contributed by atoms with Crippen LogP contribution in [0.1, 0.15) is 25.0 Å². The number of aliphatic imine (C=N–C) groups is 1. The highest BCUT2D eigenvalue weighted by Gasteiger charge is 2.30. The summed E-state index contributed by atoms with van der Waals surface area (Å²) in [5.41, 5.74) is 0.193. The van der Waals surface area contributed by atoms with Crippen molar-refractivity contribution in [1.82, 2.24) is 20.0 Å². The number of rotatable bonds is 7. The van der Waals surface area contributed by atoms with Crippen molar-refractivity contribution in [3.05, 3.63) is 35.4 Å². The summed E-state index contributed by atoms with van der Waals surface area (Å²) in [5.74, 6) is 1.21. The van der Waals surface area contributed by atoms with E-state index in [0.29, 0.717) is 19.0 Å². The van der Waals surface area contributed by atoms with Crippen LogP contribution in [-0.4, -0.2) is 80.6 Å². The van der Waals surface area contributed by atoms with Crippen LogP contribution < -0.4 is 5.32 Å². The van der Waals surface area contributed by atoms with Crippen molar-refractivity contribution in [2.24, 2.45) is 10.9 Å². The molecule has 0 aromatic heterocycles. The van der Waals surface area contributed by atoms with Crippen molar-refractivity contribution in [2.45, 2.75) is 26.6 Å². The molecule has 1 aliphatic rings. The summed E-state index contributed by atoms with van der Waals surface area (Å²) >= 11 is 0. The molecule has 0 saturated carbocycles. The number of nitrogens with one attached hydrogen (secondary N) is 1. The molecule has 1 saturated heterocycles. The predicted octanol–water partition coefficient (Wildman–Crippen LogP) is 3.60. The number of hydrogen-bond acceptors (Lipinski definition) is 3. The van der Waals surface area contributed by atoms with Gasteiger partial charge in [0.05, 0.1) is 5.56 Å². The Balaban J connectivity index is 0.00000450. The third kappa shape index (κ3) is 8.97. The molecule has 1 aliphatic heterocycles. The summed E-state index contributed by atoms with van der Waals surface area (Å²) in [6.07, 6.45) is -4.30. The van der Waals surface area contributed by atoms with E-state index >= 15 is 0 Å². The summed E-state index contributed by atoms with van der Waals surface area (Å²) in [5, 5.41) is 3.28. The van der Waals surface area contributed by atoms with Crippen LogP contribution in [0.4, 0.5) is 13.2 Å². The molecular formula is C21H35F3IN5. The molecule has 5 nitrogen and oxygen atoms in total. The Morgan fingerprint density at radius 3 is 2.30 bits per heavy atom. The molecule has 2 rings (SSSR count). The van der Waals surface area contributed by atoms with Crippen LogP contribution in [0.5, 0.6) is 0 Å². The Hall–Kier alpha value is -1.07. The molecule has 30 heavy (non-hydrogen) atoms. The van der Waals surface area contributed by atoms with Gasteiger partial charge in [0.15, 0.2) is 5.96 Å². The van der Waals surface area contributed by atoms with Crippen LogP contribution in [0.15, 0.2) is 29.3 Å². The molecule has 0 bridgehead atoms. The van der Waals surface area contributed by atoms with Crippen LogP contribution in [-0.2, 0) is 12.7 Å². The minimum atomic E-state index is -4.30. The fourth-order valence-corrected chi connectivity index (χ4v) is 3.39. The van der Waals surface area contributed by atoms with E-state index in [1.807, 2.05) is 18.9 Å². The quantitative estimate of drug-likeness (QED) is 0.325. The standard InChI is InChI=1S/C21H34F3N5.HI/c1-5-25-20(26-14-17(2)15-29-12-10-27(3)11-13-29)28(4)16-18-6-8-19(9-7-18)21(22,23)24;/h6-9,17H,5,10-16H2,1-4H3,(H,25,26);1H. The number of piperazine rings is 1. The molecule has 0 radical (unpaired) electrons. The molecule has 9 heteroatoms. The van der Waals surface area contributed by atoms with E-state index in [1.54, 1.807) is 0 Å². The van der Waals surface area contributed by atoms with Gasteiger partial charge in [0.2, 0.25) is 0 Å². The number of hydrogen-bond donors (Lipinski definition) is 1. The molecule has 1 N–H and O–H groups in total. The molecule has 0 amide bonds. The van der Waals surface area contributed by atoms with Crippen molar-refractivity contribution in [1.29, 1.82) is 0 Å². The fraction of sp³-hybridized carbons (Fsp3) is 0.667. The molecule has 1 heterocycles. The summed E-state index contributed by atoms with van der Waals surface area (Å²) < 4.78 is 38.2. The Morgan fingerprint density at radius 2 is 1.77 bits per heavy atom. The van der Waals surface area contributed by atoms with Gasteiger partial charge in [-0.25, -0.2) is 0 Å². The zero-order valence-corrected chi connectivity index (χ0v) is 20.7. The summed E-state index contributed by atoms with van der Waals surface area (Å²) in [4.78, 5) is 11.5. The van der Waals surface area contributed by atoms with Gasteiger partial charge in [-0.15, -0.1) is 24.0 Å². The second-order valence-corrected chi connectivity index (χ2v) is 7.95. The van der Waals surface area contributed by atoms with E-state index in [9.17, 15) is 13.2 Å². The molecule has 1 aromatic rings. The molecule has 172 valence electrons. The lowest BCUT2D eigenvalue weighted by molar-refractivity contribution is -0.137. The van der Waals surface area contributed by atoms with E-state index in [2.05, 4.69) is 29.1 Å². The SMILES string of the molecule is CCNC(=NCC(C)CN1CCN(C)CC1)N(C)Cc1ccc(C(F)(F)F)cc1.I. The van der Waals surface area contributed by atoms with Crippen LogP contribution in [0, 0.1) is 5.92 Å². The Kier molecular flexibility index (Phi) is 11.4. The van der Waals surface area contributed by atoms with Crippen molar-refractivity contribution in [3.8, 4) is 0 Å². The lowest BCUT2D eigenvalue weighted by Crippen LogP contribution is -2.46. The highest BCUT2D eigenvalue weighted by molar-refractivity contribution is 14.0. The van der Waals surface area contributed by atoms with E-state index in [-0.39, 0.29) is 24.0 Å². The first kappa shape index (κ1) is 27.0. The first-order valence-corrected chi connectivity index (χ1v) is 10.3. The normalized spacial score (nSPS) is 17.4. The second-order valence-electron chi connectivity index (χ2n) is 7.95. The monoisotopic (exact) mass is 541 g/mol. The number of nitrogens with zero attached hydrogens (tertiary/aromatic N) is 4. The Labute approximate surface area is 195 Å². The van der Waals surface area contributed by atoms with Gasteiger partial charge in [-0.3, -0.25) is 4.99 Å². The highest BCUT2D eigenvalue weighted by Crippen LogP contribution is 2.29. The van der Waals surface area contributed by atoms with E-state index in [1.165, 1.54) is 12.1 Å². The zero-order valence-electron chi connectivity index (χ0n) is 18.4. The van der Waals surface area contributed by atoms with Gasteiger partial charge in [-0.05, 0) is 37.6 Å². The number of guanidine groups is 1. The van der Waals surface area contributed by atoms with Crippen LogP contribution in [0.25, 0.3) is 0 Å². The highest BCUT2D eigenvalue weighted by atomic mass is 127. The van der Waals surface area contributed by atoms with E-state index in [0.717, 1.165) is 62.9 Å². The lowest BCUT2D eigenvalue weighted by atomic mass is 10.1. The maximum absolute atomic E-state index is 12.7. The van der Waals surface area contributed by atoms with Crippen molar-refractivity contribution < 1.29 is 13.2 Å². The van der Waals surface area contributed by atoms with Crippen molar-refractivity contribution >= 4 is 29.9 Å². The predicted molar refractivity (Wildman–Crippen MR) is 127 cm³/mol. The van der Waals surface area contributed by atoms with Crippen LogP contribution in [0.2, 0.25) is 0 Å². The molecule has 1 unspecified atom stereocenters. The fourth-order valence-electron chi connectivity index (χ4n) is 3.39. The molecule has 1 fully saturated rings. The summed E-state index contributed by atoms with van der Waals surface area (Å²) in [6.45, 7) is 11.6. The summed E-state index contributed by atoms with van der Waals surface area (Å²) in [7, 11) is 4.06. The average Bonchev–Trinajstić information content (AvgIpc) is 2.66. The zero-order chi connectivity index (χ0) is 21.4. The molecule has 0 aliphatic carbocycles. The maximum Gasteiger partial charge on any atom is 0.416 e. The number of likely N-dealkylation sites (N-methyl/N-ethyl adjacent to an activating group) is 1.